The molecule has 0 aliphatic carbocycles. The number of piperidine rings is 1. The molecule has 0 radical (unpaired) electrons. The Morgan fingerprint density at radius 3 is 2.53 bits per heavy atom. The lowest BCUT2D eigenvalue weighted by Gasteiger charge is -2.30. The topological polar surface area (TPSA) is 182 Å². The molecule has 4 aliphatic heterocycles. The number of ether oxygens (including phenoxy) is 1. The molecule has 6 aromatic rings. The second-order valence-corrected chi connectivity index (χ2v) is 17.3. The molecule has 314 valence electrons. The van der Waals surface area contributed by atoms with E-state index in [0.717, 1.165) is 91.9 Å². The molecule has 0 bridgehead atoms. The highest BCUT2D eigenvalue weighted by Gasteiger charge is 2.40. The summed E-state index contributed by atoms with van der Waals surface area (Å²) in [5, 5.41) is 8.02. The molecule has 2 fully saturated rings. The monoisotopic (exact) mass is 849 g/mol. The molecule has 62 heavy (non-hydrogen) atoms. The Morgan fingerprint density at radius 1 is 0.903 bits per heavy atom. The maximum Gasteiger partial charge on any atom is 0.269 e. The molecule has 8 heterocycles. The van der Waals surface area contributed by atoms with Crippen molar-refractivity contribution in [3.63, 3.8) is 0 Å². The van der Waals surface area contributed by atoms with Gasteiger partial charge in [0.15, 0.2) is 0 Å². The van der Waals surface area contributed by atoms with E-state index in [9.17, 15) is 24.0 Å². The summed E-state index contributed by atoms with van der Waals surface area (Å²) in [6, 6.07) is 16.5. The Hall–Kier alpha value is -6.65. The number of imidazole rings is 1. The minimum absolute atomic E-state index is 0.0551. The molecule has 15 nitrogen and oxygen atoms in total. The van der Waals surface area contributed by atoms with Gasteiger partial charge in [-0.3, -0.25) is 39.3 Å². The minimum atomic E-state index is -0.690. The fourth-order valence-corrected chi connectivity index (χ4v) is 10.1. The molecular formula is C46H43N9O6S. The van der Waals surface area contributed by atoms with Crippen molar-refractivity contribution in [2.45, 2.75) is 70.6 Å². The van der Waals surface area contributed by atoms with Gasteiger partial charge in [0.2, 0.25) is 17.7 Å². The molecule has 0 spiro atoms. The van der Waals surface area contributed by atoms with Crippen molar-refractivity contribution >= 4 is 51.6 Å². The average Bonchev–Trinajstić information content (AvgIpc) is 4.02. The van der Waals surface area contributed by atoms with E-state index < -0.39 is 11.9 Å². The van der Waals surface area contributed by atoms with Crippen molar-refractivity contribution in [1.29, 1.82) is 0 Å². The van der Waals surface area contributed by atoms with Gasteiger partial charge in [0, 0.05) is 116 Å². The van der Waals surface area contributed by atoms with E-state index >= 15 is 0 Å². The molecule has 2 saturated heterocycles. The standard InChI is InChI=1S/C46H43N9O6S/c1-26(56)53-16-17-54-39(25-53)41(52-42(54)27-13-18-61-19-14-27)31-5-2-4-28-20-37(49-23-34(28)31)29-8-9-36(48-21-29)43(58)47-15-12-30-22-50-45(62-30)32-6-3-7-33-35(32)24-55(46(33)60)38-10-11-40(57)51-44(38)59/h2-9,20-23,27,38H,10-19,24-25H2,1H3,(H,47,58)(H,51,57,59). The van der Waals surface area contributed by atoms with Crippen molar-refractivity contribution in [3.8, 4) is 33.1 Å². The van der Waals surface area contributed by atoms with Gasteiger partial charge in [-0.2, -0.15) is 0 Å². The van der Waals surface area contributed by atoms with Gasteiger partial charge in [-0.05, 0) is 54.5 Å². The van der Waals surface area contributed by atoms with Gasteiger partial charge in [-0.15, -0.1) is 11.3 Å². The molecule has 4 aliphatic rings. The lowest BCUT2D eigenvalue weighted by atomic mass is 9.99. The normalized spacial score (nSPS) is 17.9. The van der Waals surface area contributed by atoms with E-state index in [0.29, 0.717) is 50.5 Å². The number of pyridine rings is 2. The first kappa shape index (κ1) is 39.5. The first-order chi connectivity index (χ1) is 30.2. The van der Waals surface area contributed by atoms with Crippen LogP contribution in [-0.4, -0.2) is 96.2 Å². The highest BCUT2D eigenvalue weighted by Crippen LogP contribution is 2.39. The van der Waals surface area contributed by atoms with Crippen LogP contribution in [-0.2, 0) is 45.2 Å². The third kappa shape index (κ3) is 7.32. The van der Waals surface area contributed by atoms with Gasteiger partial charge >= 0.3 is 0 Å². The summed E-state index contributed by atoms with van der Waals surface area (Å²) in [6.45, 7) is 5.59. The number of aromatic nitrogens is 5. The second-order valence-electron chi connectivity index (χ2n) is 16.1. The SMILES string of the molecule is CC(=O)N1CCn2c(C3CCOCC3)nc(-c3cccc4cc(-c5ccc(C(=O)NCCc6cnc(-c7cccc8c7CN(C7CCC(=O)NC7=O)C8=O)s6)nc5)ncc34)c2C1. The summed E-state index contributed by atoms with van der Waals surface area (Å²) >= 11 is 1.49. The molecule has 1 atom stereocenters. The lowest BCUT2D eigenvalue weighted by molar-refractivity contribution is -0.137. The molecule has 2 aromatic carbocycles. The molecule has 4 aromatic heterocycles. The highest BCUT2D eigenvalue weighted by molar-refractivity contribution is 7.15. The van der Waals surface area contributed by atoms with Crippen molar-refractivity contribution in [2.75, 3.05) is 26.3 Å². The van der Waals surface area contributed by atoms with E-state index in [-0.39, 0.29) is 42.3 Å². The fourth-order valence-electron chi connectivity index (χ4n) is 9.09. The first-order valence-corrected chi connectivity index (χ1v) is 21.8. The molecule has 1 unspecified atom stereocenters. The van der Waals surface area contributed by atoms with E-state index in [2.05, 4.69) is 37.3 Å². The zero-order valence-electron chi connectivity index (χ0n) is 34.1. The third-order valence-corrected chi connectivity index (χ3v) is 13.5. The minimum Gasteiger partial charge on any atom is -0.381 e. The number of thiazole rings is 1. The van der Waals surface area contributed by atoms with E-state index in [1.165, 1.54) is 16.2 Å². The number of fused-ring (bicyclic) bond motifs is 3. The number of carbonyl (C=O) groups excluding carboxylic acids is 5. The molecule has 5 amide bonds. The van der Waals surface area contributed by atoms with Crippen LogP contribution < -0.4 is 10.6 Å². The van der Waals surface area contributed by atoms with Crippen LogP contribution in [0, 0.1) is 0 Å². The van der Waals surface area contributed by atoms with E-state index in [1.54, 1.807) is 31.5 Å². The predicted molar refractivity (Wildman–Crippen MR) is 230 cm³/mol. The average molecular weight is 850 g/mol. The third-order valence-electron chi connectivity index (χ3n) is 12.4. The van der Waals surface area contributed by atoms with Crippen molar-refractivity contribution in [3.05, 3.63) is 106 Å². The van der Waals surface area contributed by atoms with Crippen molar-refractivity contribution < 1.29 is 28.7 Å². The number of nitrogens with one attached hydrogen (secondary N) is 2. The Bertz CT molecular complexity index is 2790. The number of hydrogen-bond donors (Lipinski definition) is 2. The summed E-state index contributed by atoms with van der Waals surface area (Å²) in [7, 11) is 0. The summed E-state index contributed by atoms with van der Waals surface area (Å²) in [5.41, 5.74) is 6.89. The zero-order chi connectivity index (χ0) is 42.5. The Kier molecular flexibility index (Phi) is 10.4. The molecular weight excluding hydrogens is 807 g/mol. The van der Waals surface area contributed by atoms with Crippen LogP contribution in [0.15, 0.2) is 73.2 Å². The van der Waals surface area contributed by atoms with Crippen LogP contribution in [0.1, 0.15) is 81.3 Å². The van der Waals surface area contributed by atoms with Gasteiger partial charge in [-0.25, -0.2) is 9.97 Å². The number of rotatable bonds is 9. The Labute approximate surface area is 360 Å². The number of imide groups is 1. The zero-order valence-corrected chi connectivity index (χ0v) is 34.9. The Morgan fingerprint density at radius 2 is 1.73 bits per heavy atom. The fraction of sp³-hybridized carbons (Fsp3) is 0.326. The lowest BCUT2D eigenvalue weighted by Crippen LogP contribution is -2.52. The van der Waals surface area contributed by atoms with Crippen LogP contribution in [0.4, 0.5) is 0 Å². The number of benzene rings is 2. The summed E-state index contributed by atoms with van der Waals surface area (Å²) in [4.78, 5) is 86.8. The first-order valence-electron chi connectivity index (χ1n) is 21.0. The van der Waals surface area contributed by atoms with Crippen molar-refractivity contribution in [1.82, 2.24) is 44.9 Å². The van der Waals surface area contributed by atoms with Crippen LogP contribution >= 0.6 is 11.3 Å². The largest absolute Gasteiger partial charge is 0.381 e. The maximum absolute atomic E-state index is 13.3. The van der Waals surface area contributed by atoms with Crippen LogP contribution in [0.3, 0.4) is 0 Å². The van der Waals surface area contributed by atoms with E-state index in [1.807, 2.05) is 41.4 Å². The number of hydrogen-bond acceptors (Lipinski definition) is 11. The summed E-state index contributed by atoms with van der Waals surface area (Å²) in [6.07, 6.45) is 8.21. The number of carbonyl (C=O) groups is 5. The van der Waals surface area contributed by atoms with Gasteiger partial charge in [-0.1, -0.05) is 30.3 Å². The molecule has 16 heteroatoms. The van der Waals surface area contributed by atoms with Gasteiger partial charge < -0.3 is 24.4 Å². The van der Waals surface area contributed by atoms with Crippen LogP contribution in [0.25, 0.3) is 43.9 Å². The van der Waals surface area contributed by atoms with Gasteiger partial charge in [0.05, 0.1) is 23.6 Å². The maximum atomic E-state index is 13.3. The predicted octanol–water partition coefficient (Wildman–Crippen LogP) is 5.27. The van der Waals surface area contributed by atoms with Crippen LogP contribution in [0.5, 0.6) is 0 Å². The highest BCUT2D eigenvalue weighted by atomic mass is 32.1. The molecule has 2 N–H and O–H groups in total. The second kappa shape index (κ2) is 16.3. The summed E-state index contributed by atoms with van der Waals surface area (Å²) < 4.78 is 7.98. The number of amides is 5. The van der Waals surface area contributed by atoms with Gasteiger partial charge in [0.1, 0.15) is 22.6 Å². The molecule has 0 saturated carbocycles. The molecule has 10 rings (SSSR count). The van der Waals surface area contributed by atoms with Crippen LogP contribution in [0.2, 0.25) is 0 Å². The quantitative estimate of drug-likeness (QED) is 0.182. The van der Waals surface area contributed by atoms with Crippen molar-refractivity contribution in [2.24, 2.45) is 0 Å². The smallest absolute Gasteiger partial charge is 0.269 e. The van der Waals surface area contributed by atoms with Gasteiger partial charge in [0.25, 0.3) is 11.8 Å². The number of nitrogens with zero attached hydrogens (tertiary/aromatic N) is 7. The Balaban J connectivity index is 0.801. The summed E-state index contributed by atoms with van der Waals surface area (Å²) in [5.74, 6) is 0.149. The van der Waals surface area contributed by atoms with E-state index in [4.69, 9.17) is 14.7 Å².